The highest BCUT2D eigenvalue weighted by molar-refractivity contribution is 5.87. The zero-order valence-corrected chi connectivity index (χ0v) is 41.8. The third-order valence-corrected chi connectivity index (χ3v) is 16.4. The van der Waals surface area contributed by atoms with Crippen molar-refractivity contribution in [2.45, 2.75) is 194 Å². The van der Waals surface area contributed by atoms with E-state index in [0.717, 1.165) is 19.3 Å². The highest BCUT2D eigenvalue weighted by atomic mass is 15.2. The highest BCUT2D eigenvalue weighted by Gasteiger charge is 2.45. The molecular formula is C60H76N2. The Morgan fingerprint density at radius 2 is 0.742 bits per heavy atom. The molecular weight excluding hydrogens is 749 g/mol. The smallest absolute Gasteiger partial charge is 0.0493 e. The van der Waals surface area contributed by atoms with Gasteiger partial charge >= 0.3 is 0 Å². The quantitative estimate of drug-likeness (QED) is 0.168. The maximum atomic E-state index is 2.61. The first-order chi connectivity index (χ1) is 28.5. The number of rotatable bonds is 6. The topological polar surface area (TPSA) is 6.48 Å². The number of benzene rings is 5. The lowest BCUT2D eigenvalue weighted by molar-refractivity contribution is 0.402. The van der Waals surface area contributed by atoms with E-state index in [0.29, 0.717) is 5.92 Å². The van der Waals surface area contributed by atoms with Crippen molar-refractivity contribution in [3.8, 4) is 0 Å². The summed E-state index contributed by atoms with van der Waals surface area (Å²) >= 11 is 0. The van der Waals surface area contributed by atoms with Gasteiger partial charge in [-0.05, 0) is 206 Å². The average Bonchev–Trinajstić information content (AvgIpc) is 3.63. The number of hydrogen-bond acceptors (Lipinski definition) is 2. The molecule has 0 saturated heterocycles. The van der Waals surface area contributed by atoms with Gasteiger partial charge in [0.2, 0.25) is 0 Å². The Morgan fingerprint density at radius 3 is 1.19 bits per heavy atom. The summed E-state index contributed by atoms with van der Waals surface area (Å²) in [4.78, 5) is 5.22. The Bertz CT molecular complexity index is 2670. The van der Waals surface area contributed by atoms with E-state index in [-0.39, 0.29) is 37.9 Å². The fraction of sp³-hybridized carbons (Fsp3) is 0.500. The molecule has 1 unspecified atom stereocenters. The second kappa shape index (κ2) is 13.4. The predicted molar refractivity (Wildman–Crippen MR) is 268 cm³/mol. The van der Waals surface area contributed by atoms with Crippen molar-refractivity contribution in [1.29, 1.82) is 0 Å². The minimum absolute atomic E-state index is 0.0815. The van der Waals surface area contributed by atoms with Crippen LogP contribution in [0.25, 0.3) is 0 Å². The minimum atomic E-state index is 0.0815. The van der Waals surface area contributed by atoms with Crippen LogP contribution in [-0.4, -0.2) is 0 Å². The summed E-state index contributed by atoms with van der Waals surface area (Å²) in [5, 5.41) is 0. The van der Waals surface area contributed by atoms with Crippen LogP contribution in [0.1, 0.15) is 197 Å². The summed E-state index contributed by atoms with van der Waals surface area (Å²) in [7, 11) is 0. The van der Waals surface area contributed by atoms with Crippen LogP contribution in [0.2, 0.25) is 0 Å². The first-order valence-corrected chi connectivity index (χ1v) is 23.9. The summed E-state index contributed by atoms with van der Waals surface area (Å²) < 4.78 is 0. The van der Waals surface area contributed by atoms with Crippen LogP contribution in [0.4, 0.5) is 34.1 Å². The highest BCUT2D eigenvalue weighted by Crippen LogP contribution is 2.56. The molecule has 9 rings (SSSR count). The lowest BCUT2D eigenvalue weighted by Gasteiger charge is -2.34. The van der Waals surface area contributed by atoms with Gasteiger partial charge in [-0.2, -0.15) is 0 Å². The number of fused-ring (bicyclic) bond motifs is 4. The molecule has 2 nitrogen and oxygen atoms in total. The Labute approximate surface area is 376 Å². The molecule has 0 bridgehead atoms. The van der Waals surface area contributed by atoms with Gasteiger partial charge in [0.1, 0.15) is 0 Å². The van der Waals surface area contributed by atoms with Crippen molar-refractivity contribution < 1.29 is 0 Å². The van der Waals surface area contributed by atoms with Crippen molar-refractivity contribution in [2.24, 2.45) is 0 Å². The van der Waals surface area contributed by atoms with Gasteiger partial charge in [-0.15, -0.1) is 0 Å². The first kappa shape index (κ1) is 43.0. The number of nitrogens with zero attached hydrogens (tertiary/aromatic N) is 2. The maximum Gasteiger partial charge on any atom is 0.0493 e. The Balaban J connectivity index is 1.31. The van der Waals surface area contributed by atoms with E-state index in [4.69, 9.17) is 0 Å². The molecule has 5 aromatic carbocycles. The lowest BCUT2D eigenvalue weighted by atomic mass is 9.82. The van der Waals surface area contributed by atoms with E-state index < -0.39 is 0 Å². The number of hydrogen-bond donors (Lipinski definition) is 0. The van der Waals surface area contributed by atoms with Crippen LogP contribution < -0.4 is 9.80 Å². The van der Waals surface area contributed by atoms with E-state index in [1.807, 2.05) is 0 Å². The van der Waals surface area contributed by atoms with E-state index in [2.05, 4.69) is 213 Å². The minimum Gasteiger partial charge on any atom is -0.310 e. The second-order valence-electron chi connectivity index (χ2n) is 25.4. The maximum absolute atomic E-state index is 2.61. The van der Waals surface area contributed by atoms with Gasteiger partial charge in [0.15, 0.2) is 0 Å². The molecule has 4 aliphatic rings. The van der Waals surface area contributed by atoms with Gasteiger partial charge < -0.3 is 9.80 Å². The summed E-state index contributed by atoms with van der Waals surface area (Å²) in [6.07, 6.45) is 4.62. The van der Waals surface area contributed by atoms with Crippen LogP contribution in [0.3, 0.4) is 0 Å². The van der Waals surface area contributed by atoms with E-state index >= 15 is 0 Å². The van der Waals surface area contributed by atoms with Crippen molar-refractivity contribution in [3.63, 3.8) is 0 Å². The SMILES string of the molecule is Cc1cc(N(c2ccc3c(c2)C(C)(C)CC3(C)C)c2cc3c(cc2C)C(C)(C)CC3C)cc(N(c2ccc3c(c2)C(C)(C)CC3(C)C)c2cc3c(cc2C)C(C)(C)CC3(C)C)c1. The summed E-state index contributed by atoms with van der Waals surface area (Å²) in [5.74, 6) is 0.510. The largest absolute Gasteiger partial charge is 0.310 e. The number of anilines is 6. The fourth-order valence-corrected chi connectivity index (χ4v) is 14.4. The predicted octanol–water partition coefficient (Wildman–Crippen LogP) is 17.2. The zero-order chi connectivity index (χ0) is 45.1. The molecule has 0 aromatic heterocycles. The van der Waals surface area contributed by atoms with Gasteiger partial charge in [-0.3, -0.25) is 0 Å². The summed E-state index contributed by atoms with van der Waals surface area (Å²) in [6.45, 7) is 43.6. The average molecular weight is 825 g/mol. The van der Waals surface area contributed by atoms with Crippen molar-refractivity contribution in [3.05, 3.63) is 140 Å². The third kappa shape index (κ3) is 6.62. The van der Waals surface area contributed by atoms with Gasteiger partial charge in [0, 0.05) is 34.1 Å². The van der Waals surface area contributed by atoms with E-state index in [9.17, 15) is 0 Å². The van der Waals surface area contributed by atoms with Gasteiger partial charge in [0.25, 0.3) is 0 Å². The molecule has 0 N–H and O–H groups in total. The van der Waals surface area contributed by atoms with E-state index in [1.165, 1.54) is 102 Å². The normalized spacial score (nSPS) is 22.2. The molecule has 0 fully saturated rings. The Kier molecular flexibility index (Phi) is 9.27. The molecule has 0 spiro atoms. The zero-order valence-electron chi connectivity index (χ0n) is 41.8. The van der Waals surface area contributed by atoms with Gasteiger partial charge in [-0.25, -0.2) is 0 Å². The first-order valence-electron chi connectivity index (χ1n) is 23.9. The molecule has 0 heterocycles. The van der Waals surface area contributed by atoms with Crippen molar-refractivity contribution in [2.75, 3.05) is 9.80 Å². The Hall–Kier alpha value is -4.30. The fourth-order valence-electron chi connectivity index (χ4n) is 14.4. The molecule has 2 heteroatoms. The van der Waals surface area contributed by atoms with Crippen molar-refractivity contribution >= 4 is 34.1 Å². The standard InChI is InChI=1S/C60H76N2/c1-36-23-42(61(40-19-21-45-49(28-40)58(13,14)33-55(45,7)8)52-30-44-39(4)32-54(5,6)47(44)25-37(52)2)27-43(24-36)62(41-20-22-46-50(29-41)59(15,16)34-56(46,9)10)53-31-51-48(26-38(53)3)57(11,12)35-60(51,17)18/h19-31,39H,32-35H2,1-18H3. The van der Waals surface area contributed by atoms with Crippen molar-refractivity contribution in [1.82, 2.24) is 0 Å². The van der Waals surface area contributed by atoms with Crippen LogP contribution in [-0.2, 0) is 37.9 Å². The van der Waals surface area contributed by atoms with Crippen LogP contribution >= 0.6 is 0 Å². The molecule has 0 aliphatic heterocycles. The molecule has 0 saturated carbocycles. The molecule has 62 heavy (non-hydrogen) atoms. The van der Waals surface area contributed by atoms with Crippen LogP contribution in [0, 0.1) is 20.8 Å². The van der Waals surface area contributed by atoms with Crippen LogP contribution in [0.15, 0.2) is 78.9 Å². The van der Waals surface area contributed by atoms with E-state index in [1.54, 1.807) is 0 Å². The summed E-state index contributed by atoms with van der Waals surface area (Å²) in [6, 6.07) is 32.4. The van der Waals surface area contributed by atoms with Gasteiger partial charge in [-0.1, -0.05) is 128 Å². The molecule has 5 aromatic rings. The van der Waals surface area contributed by atoms with Gasteiger partial charge in [0.05, 0.1) is 0 Å². The molecule has 0 amide bonds. The molecule has 4 aliphatic carbocycles. The molecule has 1 atom stereocenters. The molecule has 0 radical (unpaired) electrons. The molecule has 326 valence electrons. The number of aryl methyl sites for hydroxylation is 3. The monoisotopic (exact) mass is 825 g/mol. The summed E-state index contributed by atoms with van der Waals surface area (Å²) in [5.41, 5.74) is 24.1. The third-order valence-electron chi connectivity index (χ3n) is 16.4. The Morgan fingerprint density at radius 1 is 0.371 bits per heavy atom. The van der Waals surface area contributed by atoms with Crippen LogP contribution in [0.5, 0.6) is 0 Å². The second-order valence-corrected chi connectivity index (χ2v) is 25.4. The lowest BCUT2D eigenvalue weighted by Crippen LogP contribution is -2.19.